The molecule has 1 saturated heterocycles. The third-order valence-electron chi connectivity index (χ3n) is 6.23. The number of likely N-dealkylation sites (tertiary alicyclic amines) is 1. The minimum atomic E-state index is -0.270. The van der Waals surface area contributed by atoms with Gasteiger partial charge in [-0.3, -0.25) is 14.3 Å². The smallest absolute Gasteiger partial charge is 0.326 e. The van der Waals surface area contributed by atoms with Crippen molar-refractivity contribution in [3.63, 3.8) is 0 Å². The van der Waals surface area contributed by atoms with Crippen LogP contribution >= 0.6 is 0 Å². The van der Waals surface area contributed by atoms with Crippen LogP contribution in [0.5, 0.6) is 11.5 Å². The highest BCUT2D eigenvalue weighted by Crippen LogP contribution is 2.33. The predicted molar refractivity (Wildman–Crippen MR) is 118 cm³/mol. The molecule has 0 bridgehead atoms. The van der Waals surface area contributed by atoms with Gasteiger partial charge in [0.1, 0.15) is 13.2 Å². The Bertz CT molecular complexity index is 1160. The maximum atomic E-state index is 12.8. The van der Waals surface area contributed by atoms with Crippen LogP contribution in [-0.2, 0) is 4.79 Å². The number of nitrogens with zero attached hydrogens (tertiary/aromatic N) is 2. The van der Waals surface area contributed by atoms with Gasteiger partial charge in [0, 0.05) is 30.9 Å². The molecule has 3 aromatic rings. The molecule has 0 radical (unpaired) electrons. The second-order valence-corrected chi connectivity index (χ2v) is 8.11. The van der Waals surface area contributed by atoms with E-state index in [0.29, 0.717) is 30.4 Å². The van der Waals surface area contributed by atoms with Gasteiger partial charge in [0.25, 0.3) is 0 Å². The Hall–Kier alpha value is -3.26. The first-order chi connectivity index (χ1) is 15.1. The van der Waals surface area contributed by atoms with Crippen LogP contribution in [0.15, 0.2) is 47.3 Å². The monoisotopic (exact) mass is 422 g/mol. The number of carbonyl (C=O) groups excluding carboxylic acids is 1. The van der Waals surface area contributed by atoms with Gasteiger partial charge >= 0.3 is 5.69 Å². The third kappa shape index (κ3) is 3.79. The fraction of sp³-hybridized carbons (Fsp3) is 0.391. The van der Waals surface area contributed by atoms with Crippen molar-refractivity contribution in [1.82, 2.24) is 14.5 Å². The molecule has 31 heavy (non-hydrogen) atoms. The number of benzene rings is 2. The lowest BCUT2D eigenvalue weighted by Gasteiger charge is -2.35. The van der Waals surface area contributed by atoms with Crippen LogP contribution in [0.1, 0.15) is 25.8 Å². The number of imidazole rings is 1. The molecule has 1 atom stereocenters. The summed E-state index contributed by atoms with van der Waals surface area (Å²) in [6.07, 6.45) is 1.65. The average molecular weight is 422 g/mol. The molecule has 1 aromatic heterocycles. The van der Waals surface area contributed by atoms with Crippen LogP contribution in [0.25, 0.3) is 11.0 Å². The molecule has 0 saturated carbocycles. The number of nitrogens with one attached hydrogen (secondary N) is 2. The Morgan fingerprint density at radius 3 is 2.65 bits per heavy atom. The number of hydrogen-bond donors (Lipinski definition) is 2. The minimum absolute atomic E-state index is 0.0561. The van der Waals surface area contributed by atoms with Gasteiger partial charge in [0.15, 0.2) is 11.5 Å². The first-order valence-electron chi connectivity index (χ1n) is 10.7. The molecule has 8 heteroatoms. The largest absolute Gasteiger partial charge is 0.486 e. The lowest BCUT2D eigenvalue weighted by atomic mass is 10.0. The van der Waals surface area contributed by atoms with Crippen molar-refractivity contribution in [1.29, 1.82) is 0 Å². The molecule has 2 aliphatic heterocycles. The normalized spacial score (nSPS) is 18.1. The van der Waals surface area contributed by atoms with Crippen molar-refractivity contribution in [3.8, 4) is 11.5 Å². The molecular weight excluding hydrogens is 396 g/mol. The van der Waals surface area contributed by atoms with E-state index in [1.54, 1.807) is 6.07 Å². The number of amides is 1. The fourth-order valence-corrected chi connectivity index (χ4v) is 4.50. The van der Waals surface area contributed by atoms with Crippen molar-refractivity contribution < 1.29 is 14.3 Å². The molecule has 162 valence electrons. The number of ether oxygens (including phenoxy) is 2. The van der Waals surface area contributed by atoms with Crippen molar-refractivity contribution in [2.24, 2.45) is 0 Å². The molecule has 1 amide bonds. The molecule has 0 unspecified atom stereocenters. The van der Waals surface area contributed by atoms with Crippen LogP contribution in [-0.4, -0.2) is 52.7 Å². The summed E-state index contributed by atoms with van der Waals surface area (Å²) < 4.78 is 13.0. The van der Waals surface area contributed by atoms with Crippen molar-refractivity contribution in [2.45, 2.75) is 31.8 Å². The third-order valence-corrected chi connectivity index (χ3v) is 6.23. The first kappa shape index (κ1) is 19.7. The first-order valence-corrected chi connectivity index (χ1v) is 10.7. The van der Waals surface area contributed by atoms with Gasteiger partial charge in [0.05, 0.1) is 17.1 Å². The van der Waals surface area contributed by atoms with Gasteiger partial charge in [0.2, 0.25) is 5.91 Å². The number of carbonyl (C=O) groups is 1. The molecule has 0 spiro atoms. The minimum Gasteiger partial charge on any atom is -0.486 e. The SMILES string of the molecule is C[C@@H](C(=O)Nc1ccc2c(c1)OCCO2)N1CCC(n2c(=O)[nH]c3ccccc32)CC1. The van der Waals surface area contributed by atoms with E-state index in [4.69, 9.17) is 9.47 Å². The highest BCUT2D eigenvalue weighted by atomic mass is 16.6. The van der Waals surface area contributed by atoms with Crippen LogP contribution in [0.3, 0.4) is 0 Å². The second kappa shape index (κ2) is 8.11. The van der Waals surface area contributed by atoms with Crippen molar-refractivity contribution in [3.05, 3.63) is 52.9 Å². The average Bonchev–Trinajstić information content (AvgIpc) is 3.14. The molecule has 3 heterocycles. The Kier molecular flexibility index (Phi) is 5.15. The number of aromatic nitrogens is 2. The van der Waals surface area contributed by atoms with Crippen LogP contribution in [0, 0.1) is 0 Å². The van der Waals surface area contributed by atoms with E-state index in [-0.39, 0.29) is 23.7 Å². The van der Waals surface area contributed by atoms with Crippen LogP contribution in [0.2, 0.25) is 0 Å². The van der Waals surface area contributed by atoms with Gasteiger partial charge in [-0.05, 0) is 44.0 Å². The summed E-state index contributed by atoms with van der Waals surface area (Å²) in [5.74, 6) is 1.30. The molecule has 8 nitrogen and oxygen atoms in total. The van der Waals surface area contributed by atoms with Gasteiger partial charge in [-0.25, -0.2) is 4.79 Å². The summed E-state index contributed by atoms with van der Waals surface area (Å²) in [7, 11) is 0. The highest BCUT2D eigenvalue weighted by molar-refractivity contribution is 5.94. The van der Waals surface area contributed by atoms with Crippen LogP contribution < -0.4 is 20.5 Å². The maximum absolute atomic E-state index is 12.8. The Balaban J connectivity index is 1.22. The zero-order valence-corrected chi connectivity index (χ0v) is 17.5. The number of piperidine rings is 1. The molecule has 5 rings (SSSR count). The molecule has 2 N–H and O–H groups in total. The van der Waals surface area contributed by atoms with Crippen LogP contribution in [0.4, 0.5) is 5.69 Å². The summed E-state index contributed by atoms with van der Waals surface area (Å²) in [5.41, 5.74) is 2.43. The number of aromatic amines is 1. The summed E-state index contributed by atoms with van der Waals surface area (Å²) in [4.78, 5) is 30.4. The Labute approximate surface area is 179 Å². The topological polar surface area (TPSA) is 88.6 Å². The quantitative estimate of drug-likeness (QED) is 0.675. The lowest BCUT2D eigenvalue weighted by molar-refractivity contribution is -0.121. The van der Waals surface area contributed by atoms with E-state index in [1.807, 2.05) is 47.9 Å². The molecular formula is C23H26N4O4. The Morgan fingerprint density at radius 2 is 1.84 bits per heavy atom. The number of para-hydroxylation sites is 2. The maximum Gasteiger partial charge on any atom is 0.326 e. The number of hydrogen-bond acceptors (Lipinski definition) is 5. The summed E-state index contributed by atoms with van der Waals surface area (Å²) in [6.45, 7) is 4.48. The zero-order chi connectivity index (χ0) is 21.4. The van der Waals surface area contributed by atoms with E-state index in [9.17, 15) is 9.59 Å². The Morgan fingerprint density at radius 1 is 1.10 bits per heavy atom. The predicted octanol–water partition coefficient (Wildman–Crippen LogP) is 2.76. The van der Waals surface area contributed by atoms with Gasteiger partial charge in [-0.2, -0.15) is 0 Å². The van der Waals surface area contributed by atoms with E-state index in [0.717, 1.165) is 37.0 Å². The van der Waals surface area contributed by atoms with Gasteiger partial charge in [-0.15, -0.1) is 0 Å². The van der Waals surface area contributed by atoms with Crippen molar-refractivity contribution >= 4 is 22.6 Å². The number of rotatable bonds is 4. The molecule has 2 aliphatic rings. The summed E-state index contributed by atoms with van der Waals surface area (Å²) >= 11 is 0. The molecule has 2 aromatic carbocycles. The van der Waals surface area contributed by atoms with E-state index < -0.39 is 0 Å². The van der Waals surface area contributed by atoms with E-state index in [2.05, 4.69) is 15.2 Å². The lowest BCUT2D eigenvalue weighted by Crippen LogP contribution is -2.46. The summed E-state index contributed by atoms with van der Waals surface area (Å²) in [6, 6.07) is 13.1. The number of fused-ring (bicyclic) bond motifs is 2. The van der Waals surface area contributed by atoms with Crippen molar-refractivity contribution in [2.75, 3.05) is 31.6 Å². The fourth-order valence-electron chi connectivity index (χ4n) is 4.50. The zero-order valence-electron chi connectivity index (χ0n) is 17.5. The number of anilines is 1. The molecule has 0 aliphatic carbocycles. The summed E-state index contributed by atoms with van der Waals surface area (Å²) in [5, 5.41) is 2.98. The van der Waals surface area contributed by atoms with E-state index in [1.165, 1.54) is 0 Å². The molecule has 1 fully saturated rings. The number of H-pyrrole nitrogens is 1. The van der Waals surface area contributed by atoms with E-state index >= 15 is 0 Å². The van der Waals surface area contributed by atoms with Gasteiger partial charge in [-0.1, -0.05) is 12.1 Å². The standard InChI is InChI=1S/C23H26N4O4/c1-15(22(28)24-16-6-7-20-21(14-16)31-13-12-30-20)26-10-8-17(9-11-26)27-19-5-3-2-4-18(19)25-23(27)29/h2-7,14-15,17H,8-13H2,1H3,(H,24,28)(H,25,29)/t15-/m0/s1. The second-order valence-electron chi connectivity index (χ2n) is 8.11. The van der Waals surface area contributed by atoms with Gasteiger partial charge < -0.3 is 19.8 Å². The highest BCUT2D eigenvalue weighted by Gasteiger charge is 2.29.